The first-order valence-electron chi connectivity index (χ1n) is 9.07. The van der Waals surface area contributed by atoms with Crippen LogP contribution in [0, 0.1) is 12.8 Å². The summed E-state index contributed by atoms with van der Waals surface area (Å²) in [6.07, 6.45) is 1.93. The van der Waals surface area contributed by atoms with E-state index in [1.165, 1.54) is 11.8 Å². The van der Waals surface area contributed by atoms with E-state index in [0.717, 1.165) is 22.6 Å². The maximum Gasteiger partial charge on any atom is 0.266 e. The molecule has 0 aromatic heterocycles. The molecule has 2 aromatic carbocycles. The van der Waals surface area contributed by atoms with Gasteiger partial charge in [-0.05, 0) is 72.1 Å². The van der Waals surface area contributed by atoms with Gasteiger partial charge in [-0.1, -0.05) is 37.6 Å². The van der Waals surface area contributed by atoms with Gasteiger partial charge in [0.15, 0.2) is 5.17 Å². The fourth-order valence-electron chi connectivity index (χ4n) is 2.85. The Morgan fingerprint density at radius 2 is 2.04 bits per heavy atom. The highest BCUT2D eigenvalue weighted by Gasteiger charge is 2.33. The summed E-state index contributed by atoms with van der Waals surface area (Å²) in [6.45, 7) is 6.80. The van der Waals surface area contributed by atoms with Crippen LogP contribution in [-0.4, -0.2) is 29.6 Å². The normalized spacial score (nSPS) is 17.2. The molecular weight excluding hydrogens is 392 g/mol. The number of carbonyl (C=O) groups is 1. The van der Waals surface area contributed by atoms with Crippen LogP contribution in [0.15, 0.2) is 52.4 Å². The van der Waals surface area contributed by atoms with Gasteiger partial charge in [0, 0.05) is 11.6 Å². The molecule has 0 saturated carbocycles. The zero-order valence-corrected chi connectivity index (χ0v) is 18.0. The summed E-state index contributed by atoms with van der Waals surface area (Å²) in [7, 11) is 1.64. The molecule has 0 bridgehead atoms. The van der Waals surface area contributed by atoms with Crippen molar-refractivity contribution < 1.29 is 9.53 Å². The van der Waals surface area contributed by atoms with E-state index in [9.17, 15) is 4.79 Å². The molecule has 2 aromatic rings. The lowest BCUT2D eigenvalue weighted by Crippen LogP contribution is -2.32. The minimum atomic E-state index is -0.0188. The highest BCUT2D eigenvalue weighted by molar-refractivity contribution is 8.18. The molecule has 1 fully saturated rings. The van der Waals surface area contributed by atoms with Crippen LogP contribution >= 0.6 is 23.4 Å². The summed E-state index contributed by atoms with van der Waals surface area (Å²) >= 11 is 7.48. The van der Waals surface area contributed by atoms with E-state index in [2.05, 4.69) is 18.8 Å². The minimum Gasteiger partial charge on any atom is -0.497 e. The SMILES string of the molecule is COc1ccc(/C=C2/SC(=Nc3cccc(Cl)c3)N(CC(C)C)C2=O)c(C)c1. The number of benzene rings is 2. The Balaban J connectivity index is 1.97. The zero-order valence-electron chi connectivity index (χ0n) is 16.4. The number of amides is 1. The van der Waals surface area contributed by atoms with Crippen LogP contribution in [0.4, 0.5) is 5.69 Å². The first-order chi connectivity index (χ1) is 13.4. The highest BCUT2D eigenvalue weighted by Crippen LogP contribution is 2.35. The van der Waals surface area contributed by atoms with Crippen LogP contribution in [0.5, 0.6) is 5.75 Å². The number of hydrogen-bond donors (Lipinski definition) is 0. The lowest BCUT2D eigenvalue weighted by Gasteiger charge is -2.17. The van der Waals surface area contributed by atoms with Gasteiger partial charge in [-0.25, -0.2) is 4.99 Å². The number of methoxy groups -OCH3 is 1. The van der Waals surface area contributed by atoms with E-state index in [-0.39, 0.29) is 5.91 Å². The Morgan fingerprint density at radius 3 is 2.68 bits per heavy atom. The topological polar surface area (TPSA) is 41.9 Å². The Kier molecular flexibility index (Phi) is 6.47. The molecule has 28 heavy (non-hydrogen) atoms. The van der Waals surface area contributed by atoms with Gasteiger partial charge in [-0.15, -0.1) is 0 Å². The van der Waals surface area contributed by atoms with Gasteiger partial charge in [-0.3, -0.25) is 9.69 Å². The Bertz CT molecular complexity index is 953. The van der Waals surface area contributed by atoms with Crippen molar-refractivity contribution in [3.63, 3.8) is 0 Å². The number of carbonyl (C=O) groups excluding carboxylic acids is 1. The average molecular weight is 415 g/mol. The zero-order chi connectivity index (χ0) is 20.3. The van der Waals surface area contributed by atoms with E-state index in [1.54, 1.807) is 18.1 Å². The number of aliphatic imine (C=N–C) groups is 1. The molecule has 0 N–H and O–H groups in total. The van der Waals surface area contributed by atoms with Crippen molar-refractivity contribution in [2.24, 2.45) is 10.9 Å². The molecule has 0 aliphatic carbocycles. The molecule has 1 saturated heterocycles. The lowest BCUT2D eigenvalue weighted by molar-refractivity contribution is -0.122. The summed E-state index contributed by atoms with van der Waals surface area (Å²) in [6, 6.07) is 13.2. The van der Waals surface area contributed by atoms with Gasteiger partial charge in [-0.2, -0.15) is 0 Å². The molecule has 146 valence electrons. The molecule has 0 radical (unpaired) electrons. The molecule has 1 aliphatic heterocycles. The van der Waals surface area contributed by atoms with Crippen LogP contribution in [0.1, 0.15) is 25.0 Å². The summed E-state index contributed by atoms with van der Waals surface area (Å²) in [5, 5.41) is 1.30. The quantitative estimate of drug-likeness (QED) is 0.570. The highest BCUT2D eigenvalue weighted by atomic mass is 35.5. The third-order valence-electron chi connectivity index (χ3n) is 4.23. The average Bonchev–Trinajstić information content (AvgIpc) is 2.91. The molecule has 3 rings (SSSR count). The molecule has 1 aliphatic rings. The standard InChI is InChI=1S/C22H23ClN2O2S/c1-14(2)13-25-21(26)20(11-16-8-9-19(27-4)10-15(16)3)28-22(25)24-18-7-5-6-17(23)12-18/h5-12,14H,13H2,1-4H3/b20-11+,24-22?. The number of halogens is 1. The molecule has 1 heterocycles. The number of amidine groups is 1. The smallest absolute Gasteiger partial charge is 0.266 e. The van der Waals surface area contributed by atoms with E-state index in [0.29, 0.717) is 27.6 Å². The number of aryl methyl sites for hydroxylation is 1. The maximum atomic E-state index is 13.1. The van der Waals surface area contributed by atoms with E-state index < -0.39 is 0 Å². The molecule has 4 nitrogen and oxygen atoms in total. The van der Waals surface area contributed by atoms with E-state index in [4.69, 9.17) is 16.3 Å². The van der Waals surface area contributed by atoms with Crippen LogP contribution in [-0.2, 0) is 4.79 Å². The van der Waals surface area contributed by atoms with E-state index >= 15 is 0 Å². The van der Waals surface area contributed by atoms with Gasteiger partial charge in [0.2, 0.25) is 0 Å². The van der Waals surface area contributed by atoms with Gasteiger partial charge < -0.3 is 4.74 Å². The molecule has 6 heteroatoms. The molecule has 0 spiro atoms. The summed E-state index contributed by atoms with van der Waals surface area (Å²) < 4.78 is 5.26. The van der Waals surface area contributed by atoms with Crippen molar-refractivity contribution in [2.45, 2.75) is 20.8 Å². The fraction of sp³-hybridized carbons (Fsp3) is 0.273. The third-order valence-corrected chi connectivity index (χ3v) is 5.47. The van der Waals surface area contributed by atoms with E-state index in [1.807, 2.05) is 49.4 Å². The lowest BCUT2D eigenvalue weighted by atomic mass is 10.1. The Labute approximate surface area is 175 Å². The molecule has 1 amide bonds. The second-order valence-electron chi connectivity index (χ2n) is 7.02. The van der Waals surface area contributed by atoms with Gasteiger partial charge in [0.05, 0.1) is 17.7 Å². The number of ether oxygens (including phenoxy) is 1. The predicted octanol–water partition coefficient (Wildman–Crippen LogP) is 5.92. The summed E-state index contributed by atoms with van der Waals surface area (Å²) in [5.41, 5.74) is 2.78. The summed E-state index contributed by atoms with van der Waals surface area (Å²) in [4.78, 5) is 20.2. The predicted molar refractivity (Wildman–Crippen MR) is 118 cm³/mol. The summed E-state index contributed by atoms with van der Waals surface area (Å²) in [5.74, 6) is 1.11. The monoisotopic (exact) mass is 414 g/mol. The van der Waals surface area contributed by atoms with Crippen molar-refractivity contribution in [3.05, 3.63) is 63.5 Å². The second-order valence-corrected chi connectivity index (χ2v) is 8.46. The molecular formula is C22H23ClN2O2S. The van der Waals surface area contributed by atoms with Gasteiger partial charge in [0.1, 0.15) is 5.75 Å². The van der Waals surface area contributed by atoms with Crippen molar-refractivity contribution in [1.82, 2.24) is 4.90 Å². The molecule has 0 unspecified atom stereocenters. The van der Waals surface area contributed by atoms with Gasteiger partial charge in [0.25, 0.3) is 5.91 Å². The van der Waals surface area contributed by atoms with Crippen molar-refractivity contribution in [2.75, 3.05) is 13.7 Å². The first kappa shape index (κ1) is 20.5. The fourth-order valence-corrected chi connectivity index (χ4v) is 4.04. The Hall–Kier alpha value is -2.24. The number of hydrogen-bond acceptors (Lipinski definition) is 4. The van der Waals surface area contributed by atoms with Gasteiger partial charge >= 0.3 is 0 Å². The first-order valence-corrected chi connectivity index (χ1v) is 10.3. The van der Waals surface area contributed by atoms with Crippen molar-refractivity contribution >= 4 is 46.2 Å². The Morgan fingerprint density at radius 1 is 1.25 bits per heavy atom. The number of nitrogens with zero attached hydrogens (tertiary/aromatic N) is 2. The van der Waals surface area contributed by atoms with Crippen molar-refractivity contribution in [3.8, 4) is 5.75 Å². The molecule has 0 atom stereocenters. The van der Waals surface area contributed by atoms with Crippen LogP contribution in [0.25, 0.3) is 6.08 Å². The maximum absolute atomic E-state index is 13.1. The van der Waals surface area contributed by atoms with Crippen LogP contribution in [0.2, 0.25) is 5.02 Å². The third kappa shape index (κ3) is 4.78. The van der Waals surface area contributed by atoms with Crippen LogP contribution in [0.3, 0.4) is 0 Å². The largest absolute Gasteiger partial charge is 0.497 e. The van der Waals surface area contributed by atoms with Crippen LogP contribution < -0.4 is 4.74 Å². The van der Waals surface area contributed by atoms with Crippen molar-refractivity contribution in [1.29, 1.82) is 0 Å². The number of rotatable bonds is 5. The second kappa shape index (κ2) is 8.84. The minimum absolute atomic E-state index is 0.0188. The number of thioether (sulfide) groups is 1.